The van der Waals surface area contributed by atoms with Gasteiger partial charge in [0, 0.05) is 34.5 Å². The highest BCUT2D eigenvalue weighted by Crippen LogP contribution is 2.38. The highest BCUT2D eigenvalue weighted by molar-refractivity contribution is 6.31. The lowest BCUT2D eigenvalue weighted by Crippen LogP contribution is -2.54. The second kappa shape index (κ2) is 6.27. The summed E-state index contributed by atoms with van der Waals surface area (Å²) in [5.41, 5.74) is 1.64. The molecule has 2 aliphatic rings. The van der Waals surface area contributed by atoms with Gasteiger partial charge in [-0.2, -0.15) is 0 Å². The van der Waals surface area contributed by atoms with Gasteiger partial charge in [-0.05, 0) is 55.3 Å². The van der Waals surface area contributed by atoms with Crippen LogP contribution < -0.4 is 15.4 Å². The van der Waals surface area contributed by atoms with E-state index in [1.807, 2.05) is 6.07 Å². The van der Waals surface area contributed by atoms with Crippen LogP contribution in [0.1, 0.15) is 46.5 Å². The van der Waals surface area contributed by atoms with Crippen molar-refractivity contribution in [3.63, 3.8) is 0 Å². The van der Waals surface area contributed by atoms with Gasteiger partial charge in [-0.25, -0.2) is 0 Å². The largest absolute Gasteiger partial charge is 0.467 e. The number of rotatable bonds is 2. The van der Waals surface area contributed by atoms with E-state index in [1.54, 1.807) is 36.4 Å². The summed E-state index contributed by atoms with van der Waals surface area (Å²) in [6.07, 6.45) is 3.72. The molecule has 2 aromatic carbocycles. The Morgan fingerprint density at radius 2 is 1.93 bits per heavy atom. The number of halogens is 1. The molecule has 1 aromatic heterocycles. The van der Waals surface area contributed by atoms with Crippen LogP contribution >= 0.6 is 11.6 Å². The average Bonchev–Trinajstić information content (AvgIpc) is 3.29. The van der Waals surface area contributed by atoms with Crippen LogP contribution in [-0.2, 0) is 0 Å². The van der Waals surface area contributed by atoms with E-state index in [2.05, 4.69) is 15.6 Å². The second-order valence-corrected chi connectivity index (χ2v) is 7.77. The molecule has 0 unspecified atom stereocenters. The number of carbonyl (C=O) groups is 2. The fourth-order valence-corrected chi connectivity index (χ4v) is 4.16. The van der Waals surface area contributed by atoms with Crippen molar-refractivity contribution < 1.29 is 14.3 Å². The van der Waals surface area contributed by atoms with Crippen molar-refractivity contribution in [3.8, 4) is 5.75 Å². The Hall–Kier alpha value is -2.99. The molecule has 1 aliphatic carbocycles. The first-order chi connectivity index (χ1) is 13.5. The summed E-state index contributed by atoms with van der Waals surface area (Å²) in [7, 11) is 0. The summed E-state index contributed by atoms with van der Waals surface area (Å²) >= 11 is 6.00. The highest BCUT2D eigenvalue weighted by Gasteiger charge is 2.42. The molecule has 0 saturated heterocycles. The quantitative estimate of drug-likeness (QED) is 0.598. The first kappa shape index (κ1) is 17.1. The zero-order valence-corrected chi connectivity index (χ0v) is 15.7. The Kier molecular flexibility index (Phi) is 3.84. The van der Waals surface area contributed by atoms with Crippen molar-refractivity contribution in [1.29, 1.82) is 0 Å². The van der Waals surface area contributed by atoms with E-state index in [9.17, 15) is 9.59 Å². The van der Waals surface area contributed by atoms with Crippen LogP contribution in [0.3, 0.4) is 0 Å². The molecule has 3 aromatic rings. The highest BCUT2D eigenvalue weighted by atomic mass is 35.5. The Labute approximate surface area is 166 Å². The predicted molar refractivity (Wildman–Crippen MR) is 107 cm³/mol. The maximum atomic E-state index is 12.6. The molecule has 3 N–H and O–H groups in total. The molecular weight excluding hydrogens is 378 g/mol. The molecule has 1 spiro atoms. The minimum absolute atomic E-state index is 0.167. The van der Waals surface area contributed by atoms with E-state index in [4.69, 9.17) is 16.3 Å². The van der Waals surface area contributed by atoms with Gasteiger partial charge in [-0.15, -0.1) is 0 Å². The van der Waals surface area contributed by atoms with Crippen molar-refractivity contribution >= 4 is 40.0 Å². The van der Waals surface area contributed by atoms with Crippen molar-refractivity contribution in [2.45, 2.75) is 31.4 Å². The van der Waals surface area contributed by atoms with Crippen LogP contribution in [-0.4, -0.2) is 22.5 Å². The lowest BCUT2D eigenvalue weighted by Gasteiger charge is -2.36. The third-order valence-electron chi connectivity index (χ3n) is 5.37. The number of benzene rings is 2. The number of hydrogen-bond donors (Lipinski definition) is 3. The smallest absolute Gasteiger partial charge is 0.272 e. The van der Waals surface area contributed by atoms with Crippen LogP contribution in [0.25, 0.3) is 10.9 Å². The first-order valence-electron chi connectivity index (χ1n) is 9.27. The van der Waals surface area contributed by atoms with Gasteiger partial charge in [-0.1, -0.05) is 11.6 Å². The van der Waals surface area contributed by atoms with Gasteiger partial charge in [0.25, 0.3) is 11.8 Å². The molecule has 0 atom stereocenters. The predicted octanol–water partition coefficient (Wildman–Crippen LogP) is 4.47. The summed E-state index contributed by atoms with van der Waals surface area (Å²) < 4.78 is 6.08. The number of fused-ring (bicyclic) bond motifs is 2. The fourth-order valence-electron chi connectivity index (χ4n) is 3.98. The average molecular weight is 396 g/mol. The van der Waals surface area contributed by atoms with Gasteiger partial charge in [-0.3, -0.25) is 9.59 Å². The van der Waals surface area contributed by atoms with Gasteiger partial charge in [0.05, 0.1) is 5.56 Å². The van der Waals surface area contributed by atoms with Gasteiger partial charge < -0.3 is 20.4 Å². The zero-order valence-electron chi connectivity index (χ0n) is 15.0. The summed E-state index contributed by atoms with van der Waals surface area (Å²) in [6, 6.07) is 12.3. The van der Waals surface area contributed by atoms with E-state index in [0.717, 1.165) is 36.6 Å². The van der Waals surface area contributed by atoms with E-state index in [1.165, 1.54) is 0 Å². The third-order valence-corrected chi connectivity index (χ3v) is 5.60. The molecule has 2 amide bonds. The lowest BCUT2D eigenvalue weighted by molar-refractivity contribution is 0.0235. The van der Waals surface area contributed by atoms with Crippen LogP contribution in [0, 0.1) is 0 Å². The van der Waals surface area contributed by atoms with Crippen molar-refractivity contribution in [2.24, 2.45) is 0 Å². The normalized spacial score (nSPS) is 17.2. The molecule has 0 bridgehead atoms. The molecule has 0 radical (unpaired) electrons. The molecule has 2 heterocycles. The van der Waals surface area contributed by atoms with Gasteiger partial charge in [0.2, 0.25) is 0 Å². The van der Waals surface area contributed by atoms with Gasteiger partial charge in [0.15, 0.2) is 5.72 Å². The summed E-state index contributed by atoms with van der Waals surface area (Å²) in [5, 5.41) is 7.29. The number of ether oxygens (including phenoxy) is 1. The molecule has 1 aliphatic heterocycles. The summed E-state index contributed by atoms with van der Waals surface area (Å²) in [4.78, 5) is 28.3. The number of anilines is 1. The maximum Gasteiger partial charge on any atom is 0.272 e. The van der Waals surface area contributed by atoms with Gasteiger partial charge in [0.1, 0.15) is 11.4 Å². The maximum absolute atomic E-state index is 12.6. The van der Waals surface area contributed by atoms with E-state index < -0.39 is 5.72 Å². The van der Waals surface area contributed by atoms with Crippen LogP contribution in [0.4, 0.5) is 5.69 Å². The zero-order chi connectivity index (χ0) is 19.3. The standard InChI is InChI=1S/C21H18ClN3O3/c22-13-3-5-16-12(9-13)10-17(24-16)20(27)23-14-4-6-18-15(11-14)19(26)25-21(28-18)7-1-2-8-21/h3-6,9-11,24H,1-2,7-8H2,(H,23,27)(H,25,26). The molecule has 7 heteroatoms. The molecule has 5 rings (SSSR count). The minimum Gasteiger partial charge on any atom is -0.467 e. The van der Waals surface area contributed by atoms with E-state index in [0.29, 0.717) is 27.7 Å². The molecule has 28 heavy (non-hydrogen) atoms. The topological polar surface area (TPSA) is 83.2 Å². The van der Waals surface area contributed by atoms with Crippen LogP contribution in [0.5, 0.6) is 5.75 Å². The molecular formula is C21H18ClN3O3. The van der Waals surface area contributed by atoms with E-state index >= 15 is 0 Å². The number of nitrogens with one attached hydrogen (secondary N) is 3. The summed E-state index contributed by atoms with van der Waals surface area (Å²) in [5.74, 6) is 0.0973. The van der Waals surface area contributed by atoms with E-state index in [-0.39, 0.29) is 11.8 Å². The van der Waals surface area contributed by atoms with Crippen molar-refractivity contribution in [2.75, 3.05) is 5.32 Å². The fraction of sp³-hybridized carbons (Fsp3) is 0.238. The Bertz CT molecular complexity index is 1120. The molecule has 1 fully saturated rings. The van der Waals surface area contributed by atoms with Crippen LogP contribution in [0.15, 0.2) is 42.5 Å². The third kappa shape index (κ3) is 2.90. The number of aromatic nitrogens is 1. The van der Waals surface area contributed by atoms with Crippen LogP contribution in [0.2, 0.25) is 5.02 Å². The Balaban J connectivity index is 1.39. The first-order valence-corrected chi connectivity index (χ1v) is 9.64. The summed E-state index contributed by atoms with van der Waals surface area (Å²) in [6.45, 7) is 0. The Morgan fingerprint density at radius 1 is 1.11 bits per heavy atom. The number of hydrogen-bond acceptors (Lipinski definition) is 3. The second-order valence-electron chi connectivity index (χ2n) is 7.34. The Morgan fingerprint density at radius 3 is 2.75 bits per heavy atom. The SMILES string of the molecule is O=C(Nc1ccc2c(c1)C(=O)NC1(CCCC1)O2)c1cc2cc(Cl)ccc2[nH]1. The van der Waals surface area contributed by atoms with Crippen molar-refractivity contribution in [1.82, 2.24) is 10.3 Å². The van der Waals surface area contributed by atoms with Gasteiger partial charge >= 0.3 is 0 Å². The minimum atomic E-state index is -0.569. The monoisotopic (exact) mass is 395 g/mol. The molecule has 6 nitrogen and oxygen atoms in total. The molecule has 1 saturated carbocycles. The number of carbonyl (C=O) groups excluding carboxylic acids is 2. The number of aromatic amines is 1. The van der Waals surface area contributed by atoms with Crippen molar-refractivity contribution in [3.05, 3.63) is 58.7 Å². The molecule has 142 valence electrons. The lowest BCUT2D eigenvalue weighted by atomic mass is 10.1. The number of amides is 2. The number of H-pyrrole nitrogens is 1.